The van der Waals surface area contributed by atoms with Crippen molar-refractivity contribution in [3.05, 3.63) is 33.3 Å². The largest absolute Gasteiger partial charge is 0.481 e. The molecule has 0 radical (unpaired) electrons. The summed E-state index contributed by atoms with van der Waals surface area (Å²) in [6.45, 7) is 2.20. The van der Waals surface area contributed by atoms with Gasteiger partial charge in [-0.15, -0.1) is 0 Å². The number of halogens is 2. The molecule has 0 aliphatic heterocycles. The van der Waals surface area contributed by atoms with Crippen LogP contribution in [0.4, 0.5) is 0 Å². The van der Waals surface area contributed by atoms with Gasteiger partial charge in [0.1, 0.15) is 0 Å². The van der Waals surface area contributed by atoms with Crippen molar-refractivity contribution >= 4 is 33.5 Å². The fourth-order valence-corrected chi connectivity index (χ4v) is 4.16. The van der Waals surface area contributed by atoms with Crippen LogP contribution in [0.1, 0.15) is 51.0 Å². The minimum absolute atomic E-state index is 0.535. The average molecular weight is 374 g/mol. The molecule has 1 aromatic carbocycles. The SMILES string of the molecule is CCCC1CCC(Cc2ccc(Br)cc2Cl)(C(=O)O)CC1. The van der Waals surface area contributed by atoms with E-state index >= 15 is 0 Å². The molecule has 1 aromatic rings. The predicted octanol–water partition coefficient (Wildman–Crippen LogP) is 5.71. The Labute approximate surface area is 140 Å². The van der Waals surface area contributed by atoms with Crippen LogP contribution in [-0.4, -0.2) is 11.1 Å². The van der Waals surface area contributed by atoms with Gasteiger partial charge < -0.3 is 5.11 Å². The normalized spacial score (nSPS) is 25.8. The molecule has 1 fully saturated rings. The standard InChI is InChI=1S/C17H22BrClO2/c1-2-3-12-6-8-17(9-7-12,16(20)21)11-13-4-5-14(18)10-15(13)19/h4-5,10,12H,2-3,6-9,11H2,1H3,(H,20,21). The van der Waals surface area contributed by atoms with Crippen LogP contribution in [-0.2, 0) is 11.2 Å². The molecule has 116 valence electrons. The molecule has 0 amide bonds. The first-order valence-electron chi connectivity index (χ1n) is 7.64. The quantitative estimate of drug-likeness (QED) is 0.718. The lowest BCUT2D eigenvalue weighted by Gasteiger charge is -2.37. The van der Waals surface area contributed by atoms with Gasteiger partial charge in [0, 0.05) is 9.50 Å². The molecule has 0 atom stereocenters. The number of carboxylic acid groups (broad SMARTS) is 1. The van der Waals surface area contributed by atoms with Gasteiger partial charge in [-0.3, -0.25) is 4.79 Å². The first-order chi connectivity index (χ1) is 9.97. The summed E-state index contributed by atoms with van der Waals surface area (Å²) in [5, 5.41) is 10.4. The van der Waals surface area contributed by atoms with Crippen molar-refractivity contribution in [1.82, 2.24) is 0 Å². The number of aliphatic carboxylic acids is 1. The molecule has 4 heteroatoms. The van der Waals surface area contributed by atoms with Gasteiger partial charge in [0.2, 0.25) is 0 Å². The third-order valence-corrected chi connectivity index (χ3v) is 5.60. The maximum absolute atomic E-state index is 11.9. The van der Waals surface area contributed by atoms with E-state index in [9.17, 15) is 9.90 Å². The van der Waals surface area contributed by atoms with E-state index in [1.165, 1.54) is 12.8 Å². The number of rotatable bonds is 5. The maximum atomic E-state index is 11.9. The molecule has 2 rings (SSSR count). The first-order valence-corrected chi connectivity index (χ1v) is 8.81. The smallest absolute Gasteiger partial charge is 0.309 e. The maximum Gasteiger partial charge on any atom is 0.309 e. The lowest BCUT2D eigenvalue weighted by Crippen LogP contribution is -2.37. The van der Waals surface area contributed by atoms with E-state index in [-0.39, 0.29) is 0 Å². The Bertz CT molecular complexity index is 508. The van der Waals surface area contributed by atoms with Crippen LogP contribution in [0.2, 0.25) is 5.02 Å². The molecule has 1 N–H and O–H groups in total. The van der Waals surface area contributed by atoms with Crippen LogP contribution >= 0.6 is 27.5 Å². The van der Waals surface area contributed by atoms with Gasteiger partial charge >= 0.3 is 5.97 Å². The van der Waals surface area contributed by atoms with Gasteiger partial charge in [-0.1, -0.05) is 53.4 Å². The number of benzene rings is 1. The molecule has 0 spiro atoms. The van der Waals surface area contributed by atoms with Crippen LogP contribution < -0.4 is 0 Å². The highest BCUT2D eigenvalue weighted by atomic mass is 79.9. The number of carboxylic acids is 1. The topological polar surface area (TPSA) is 37.3 Å². The van der Waals surface area contributed by atoms with Crippen LogP contribution in [0.3, 0.4) is 0 Å². The summed E-state index contributed by atoms with van der Waals surface area (Å²) in [6, 6.07) is 5.71. The van der Waals surface area contributed by atoms with Gasteiger partial charge in [0.25, 0.3) is 0 Å². The Morgan fingerprint density at radius 2 is 2.10 bits per heavy atom. The number of hydrogen-bond donors (Lipinski definition) is 1. The minimum Gasteiger partial charge on any atom is -0.481 e. The zero-order chi connectivity index (χ0) is 15.5. The summed E-state index contributed by atoms with van der Waals surface area (Å²) < 4.78 is 0.923. The van der Waals surface area contributed by atoms with E-state index in [1.54, 1.807) is 0 Å². The Hall–Kier alpha value is -0.540. The van der Waals surface area contributed by atoms with Gasteiger partial charge in [0.15, 0.2) is 0 Å². The van der Waals surface area contributed by atoms with Crippen LogP contribution in [0.5, 0.6) is 0 Å². The zero-order valence-corrected chi connectivity index (χ0v) is 14.7. The van der Waals surface area contributed by atoms with Crippen molar-refractivity contribution in [3.8, 4) is 0 Å². The number of hydrogen-bond acceptors (Lipinski definition) is 1. The summed E-state index contributed by atoms with van der Waals surface area (Å²) in [5.41, 5.74) is 0.304. The lowest BCUT2D eigenvalue weighted by atomic mass is 9.67. The highest BCUT2D eigenvalue weighted by Crippen LogP contribution is 2.44. The van der Waals surface area contributed by atoms with Crippen molar-refractivity contribution < 1.29 is 9.90 Å². The molecule has 2 nitrogen and oxygen atoms in total. The second-order valence-electron chi connectivity index (χ2n) is 6.23. The Morgan fingerprint density at radius 3 is 2.62 bits per heavy atom. The van der Waals surface area contributed by atoms with Crippen molar-refractivity contribution in [1.29, 1.82) is 0 Å². The highest BCUT2D eigenvalue weighted by Gasteiger charge is 2.42. The molecule has 1 saturated carbocycles. The molecule has 0 unspecified atom stereocenters. The fourth-order valence-electron chi connectivity index (χ4n) is 3.42. The van der Waals surface area contributed by atoms with Gasteiger partial charge in [-0.25, -0.2) is 0 Å². The van der Waals surface area contributed by atoms with Crippen molar-refractivity contribution in [2.45, 2.75) is 51.9 Å². The van der Waals surface area contributed by atoms with E-state index in [2.05, 4.69) is 22.9 Å². The Morgan fingerprint density at radius 1 is 1.43 bits per heavy atom. The Kier molecular flexibility index (Phi) is 5.73. The Balaban J connectivity index is 2.15. The van der Waals surface area contributed by atoms with Crippen molar-refractivity contribution in [2.24, 2.45) is 11.3 Å². The van der Waals surface area contributed by atoms with Gasteiger partial charge in [0.05, 0.1) is 5.41 Å². The zero-order valence-electron chi connectivity index (χ0n) is 12.4. The van der Waals surface area contributed by atoms with E-state index < -0.39 is 11.4 Å². The fraction of sp³-hybridized carbons (Fsp3) is 0.588. The van der Waals surface area contributed by atoms with E-state index in [4.69, 9.17) is 11.6 Å². The molecular weight excluding hydrogens is 352 g/mol. The predicted molar refractivity (Wildman–Crippen MR) is 89.8 cm³/mol. The van der Waals surface area contributed by atoms with Crippen molar-refractivity contribution in [2.75, 3.05) is 0 Å². The second kappa shape index (κ2) is 7.15. The third kappa shape index (κ3) is 4.01. The average Bonchev–Trinajstić information content (AvgIpc) is 2.44. The van der Waals surface area contributed by atoms with Crippen LogP contribution in [0.15, 0.2) is 22.7 Å². The molecule has 0 heterocycles. The van der Waals surface area contributed by atoms with E-state index in [0.29, 0.717) is 17.4 Å². The highest BCUT2D eigenvalue weighted by molar-refractivity contribution is 9.10. The molecule has 21 heavy (non-hydrogen) atoms. The number of carbonyl (C=O) groups is 1. The summed E-state index contributed by atoms with van der Waals surface area (Å²) in [5.74, 6) is 0.0271. The first kappa shape index (κ1) is 16.8. The molecule has 0 aromatic heterocycles. The van der Waals surface area contributed by atoms with E-state index in [1.807, 2.05) is 18.2 Å². The molecule has 0 bridgehead atoms. The summed E-state index contributed by atoms with van der Waals surface area (Å²) in [4.78, 5) is 11.9. The van der Waals surface area contributed by atoms with E-state index in [0.717, 1.165) is 35.7 Å². The van der Waals surface area contributed by atoms with Gasteiger partial charge in [-0.2, -0.15) is 0 Å². The molecule has 1 aliphatic rings. The van der Waals surface area contributed by atoms with Crippen molar-refractivity contribution in [3.63, 3.8) is 0 Å². The summed E-state index contributed by atoms with van der Waals surface area (Å²) in [6.07, 6.45) is 6.51. The summed E-state index contributed by atoms with van der Waals surface area (Å²) >= 11 is 9.66. The monoisotopic (exact) mass is 372 g/mol. The lowest BCUT2D eigenvalue weighted by molar-refractivity contribution is -0.151. The van der Waals surface area contributed by atoms with Crippen LogP contribution in [0, 0.1) is 11.3 Å². The molecule has 1 aliphatic carbocycles. The van der Waals surface area contributed by atoms with Gasteiger partial charge in [-0.05, 0) is 55.7 Å². The third-order valence-electron chi connectivity index (χ3n) is 4.76. The molecular formula is C17H22BrClO2. The van der Waals surface area contributed by atoms with Crippen LogP contribution in [0.25, 0.3) is 0 Å². The second-order valence-corrected chi connectivity index (χ2v) is 7.55. The summed E-state index contributed by atoms with van der Waals surface area (Å²) in [7, 11) is 0. The molecule has 0 saturated heterocycles. The minimum atomic E-state index is -0.670.